The van der Waals surface area contributed by atoms with Crippen molar-refractivity contribution in [1.82, 2.24) is 9.62 Å². The molecule has 0 bridgehead atoms. The fraction of sp³-hybridized carbons (Fsp3) is 0.600. The Kier molecular flexibility index (Phi) is 12.2. The van der Waals surface area contributed by atoms with Crippen molar-refractivity contribution >= 4 is 10.0 Å². The second-order valence-corrected chi connectivity index (χ2v) is 12.9. The van der Waals surface area contributed by atoms with Gasteiger partial charge in [-0.2, -0.15) is 0 Å². The smallest absolute Gasteiger partial charge is 0.242 e. The molecule has 2 aromatic rings. The van der Waals surface area contributed by atoms with Gasteiger partial charge in [-0.05, 0) is 74.0 Å². The zero-order valence-electron chi connectivity index (χ0n) is 23.9. The van der Waals surface area contributed by atoms with E-state index in [1.807, 2.05) is 38.1 Å². The average molecular weight is 563 g/mol. The van der Waals surface area contributed by atoms with E-state index in [9.17, 15) is 13.5 Å². The number of rotatable bonds is 17. The van der Waals surface area contributed by atoms with Crippen LogP contribution in [0.4, 0.5) is 0 Å². The summed E-state index contributed by atoms with van der Waals surface area (Å²) in [4.78, 5) is 0.345. The molecular weight excluding hydrogens is 516 g/mol. The highest BCUT2D eigenvalue weighted by molar-refractivity contribution is 7.89. The predicted molar refractivity (Wildman–Crippen MR) is 153 cm³/mol. The maximum absolute atomic E-state index is 12.3. The van der Waals surface area contributed by atoms with E-state index in [0.29, 0.717) is 18.0 Å². The van der Waals surface area contributed by atoms with Crippen LogP contribution >= 0.6 is 0 Å². The molecule has 1 heterocycles. The number of hydrogen-bond acceptors (Lipinski definition) is 7. The van der Waals surface area contributed by atoms with Gasteiger partial charge in [-0.1, -0.05) is 31.0 Å². The molecule has 0 aromatic heterocycles. The molecule has 1 aliphatic rings. The summed E-state index contributed by atoms with van der Waals surface area (Å²) in [5.74, 6) is 0.205. The zero-order chi connectivity index (χ0) is 28.3. The molecule has 2 N–H and O–H groups in total. The van der Waals surface area contributed by atoms with Crippen LogP contribution in [0.3, 0.4) is 0 Å². The third-order valence-corrected chi connectivity index (χ3v) is 8.62. The van der Waals surface area contributed by atoms with Crippen LogP contribution in [0.1, 0.15) is 75.2 Å². The third kappa shape index (κ3) is 10.2. The van der Waals surface area contributed by atoms with Gasteiger partial charge in [0.15, 0.2) is 0 Å². The Morgan fingerprint density at radius 1 is 1.03 bits per heavy atom. The van der Waals surface area contributed by atoms with Gasteiger partial charge in [-0.25, -0.2) is 12.7 Å². The summed E-state index contributed by atoms with van der Waals surface area (Å²) >= 11 is 0. The monoisotopic (exact) mass is 562 g/mol. The van der Waals surface area contributed by atoms with Crippen LogP contribution in [0.15, 0.2) is 47.4 Å². The molecule has 218 valence electrons. The summed E-state index contributed by atoms with van der Waals surface area (Å²) in [6.07, 6.45) is 6.57. The minimum atomic E-state index is -3.39. The van der Waals surface area contributed by atoms with Crippen LogP contribution < -0.4 is 10.1 Å². The van der Waals surface area contributed by atoms with Crippen molar-refractivity contribution in [2.45, 2.75) is 82.2 Å². The topological polar surface area (TPSA) is 97.3 Å². The van der Waals surface area contributed by atoms with E-state index in [-0.39, 0.29) is 0 Å². The fourth-order valence-electron chi connectivity index (χ4n) is 4.44. The summed E-state index contributed by atoms with van der Waals surface area (Å²) in [7, 11) is -0.293. The van der Waals surface area contributed by atoms with Crippen molar-refractivity contribution in [1.29, 1.82) is 0 Å². The molecule has 0 saturated heterocycles. The van der Waals surface area contributed by atoms with Crippen molar-refractivity contribution in [3.8, 4) is 5.75 Å². The maximum Gasteiger partial charge on any atom is 0.242 e. The SMILES string of the molecule is CN(C)S(=O)(=O)c1cccc(CCCCOCCCCCCNC[C@@H](O)c2ccc3c(c2)COC(C)(C)O3)c1. The lowest BCUT2D eigenvalue weighted by Crippen LogP contribution is -2.35. The molecule has 9 heteroatoms. The molecule has 1 atom stereocenters. The number of unbranched alkanes of at least 4 members (excludes halogenated alkanes) is 4. The average Bonchev–Trinajstić information content (AvgIpc) is 2.90. The van der Waals surface area contributed by atoms with Crippen LogP contribution in [-0.4, -0.2) is 64.0 Å². The fourth-order valence-corrected chi connectivity index (χ4v) is 5.41. The zero-order valence-corrected chi connectivity index (χ0v) is 24.8. The molecule has 0 saturated carbocycles. The molecular formula is C30H46N2O6S. The molecule has 1 aliphatic heterocycles. The van der Waals surface area contributed by atoms with Gasteiger partial charge in [-0.3, -0.25) is 0 Å². The van der Waals surface area contributed by atoms with Crippen molar-refractivity contribution in [2.24, 2.45) is 0 Å². The summed E-state index contributed by atoms with van der Waals surface area (Å²) in [5.41, 5.74) is 2.88. The molecule has 0 aliphatic carbocycles. The van der Waals surface area contributed by atoms with E-state index in [0.717, 1.165) is 87.1 Å². The number of benzene rings is 2. The molecule has 39 heavy (non-hydrogen) atoms. The quantitative estimate of drug-likeness (QED) is 0.267. The van der Waals surface area contributed by atoms with E-state index < -0.39 is 21.9 Å². The van der Waals surface area contributed by atoms with Gasteiger partial charge in [0.1, 0.15) is 5.75 Å². The Bertz CT molecular complexity index is 1140. The lowest BCUT2D eigenvalue weighted by atomic mass is 10.0. The summed E-state index contributed by atoms with van der Waals surface area (Å²) in [6, 6.07) is 13.0. The largest absolute Gasteiger partial charge is 0.463 e. The highest BCUT2D eigenvalue weighted by Crippen LogP contribution is 2.32. The van der Waals surface area contributed by atoms with Gasteiger partial charge in [0, 0.05) is 53.3 Å². The summed E-state index contributed by atoms with van der Waals surface area (Å²) in [5, 5.41) is 13.9. The van der Waals surface area contributed by atoms with Gasteiger partial charge >= 0.3 is 0 Å². The molecule has 2 aromatic carbocycles. The lowest BCUT2D eigenvalue weighted by molar-refractivity contribution is -0.180. The highest BCUT2D eigenvalue weighted by Gasteiger charge is 2.27. The molecule has 0 radical (unpaired) electrons. The van der Waals surface area contributed by atoms with Crippen LogP contribution in [-0.2, 0) is 32.5 Å². The Morgan fingerprint density at radius 2 is 1.77 bits per heavy atom. The van der Waals surface area contributed by atoms with Crippen LogP contribution in [0.25, 0.3) is 0 Å². The number of aryl methyl sites for hydroxylation is 1. The van der Waals surface area contributed by atoms with Crippen molar-refractivity contribution in [3.63, 3.8) is 0 Å². The van der Waals surface area contributed by atoms with E-state index in [2.05, 4.69) is 5.32 Å². The van der Waals surface area contributed by atoms with Crippen LogP contribution in [0.5, 0.6) is 5.75 Å². The van der Waals surface area contributed by atoms with E-state index in [1.54, 1.807) is 32.3 Å². The minimum Gasteiger partial charge on any atom is -0.463 e. The second kappa shape index (κ2) is 15.1. The Labute approximate surface area is 234 Å². The standard InChI is InChI=1S/C30H46N2O6S/c1-30(2)37-23-26-21-25(15-16-29(26)38-30)28(33)22-31-17-8-5-6-9-18-36-19-10-7-12-24-13-11-14-27(20-24)39(34,35)32(3)4/h11,13-16,20-21,28,31,33H,5-10,12,17-19,22-23H2,1-4H3/t28-/m1/s1. The van der Waals surface area contributed by atoms with Crippen molar-refractivity contribution < 1.29 is 27.7 Å². The molecule has 3 rings (SSSR count). The number of hydrogen-bond donors (Lipinski definition) is 2. The van der Waals surface area contributed by atoms with Gasteiger partial charge in [0.05, 0.1) is 17.6 Å². The first-order valence-electron chi connectivity index (χ1n) is 14.0. The minimum absolute atomic E-state index is 0.345. The first-order chi connectivity index (χ1) is 18.6. The summed E-state index contributed by atoms with van der Waals surface area (Å²) < 4.78 is 43.1. The highest BCUT2D eigenvalue weighted by atomic mass is 32.2. The normalized spacial score (nSPS) is 15.6. The van der Waals surface area contributed by atoms with Crippen molar-refractivity contribution in [3.05, 3.63) is 59.2 Å². The number of aliphatic hydroxyl groups is 1. The molecule has 8 nitrogen and oxygen atoms in total. The number of sulfonamides is 1. The second-order valence-electron chi connectivity index (χ2n) is 10.8. The Balaban J connectivity index is 1.17. The van der Waals surface area contributed by atoms with E-state index in [4.69, 9.17) is 14.2 Å². The third-order valence-electron chi connectivity index (χ3n) is 6.81. The summed E-state index contributed by atoms with van der Waals surface area (Å²) in [6.45, 7) is 7.17. The van der Waals surface area contributed by atoms with Crippen molar-refractivity contribution in [2.75, 3.05) is 40.4 Å². The molecule has 0 unspecified atom stereocenters. The van der Waals surface area contributed by atoms with E-state index in [1.165, 1.54) is 4.31 Å². The lowest BCUT2D eigenvalue weighted by Gasteiger charge is -2.33. The first kappa shape index (κ1) is 31.5. The predicted octanol–water partition coefficient (Wildman–Crippen LogP) is 4.80. The number of ether oxygens (including phenoxy) is 3. The first-order valence-corrected chi connectivity index (χ1v) is 15.5. The number of nitrogens with one attached hydrogen (secondary N) is 1. The van der Waals surface area contributed by atoms with Crippen LogP contribution in [0, 0.1) is 0 Å². The molecule has 0 spiro atoms. The van der Waals surface area contributed by atoms with Crippen LogP contribution in [0.2, 0.25) is 0 Å². The molecule has 0 amide bonds. The van der Waals surface area contributed by atoms with E-state index >= 15 is 0 Å². The number of fused-ring (bicyclic) bond motifs is 1. The number of nitrogens with zero attached hydrogens (tertiary/aromatic N) is 1. The van der Waals surface area contributed by atoms with Gasteiger partial charge in [0.2, 0.25) is 15.8 Å². The van der Waals surface area contributed by atoms with Gasteiger partial charge in [-0.15, -0.1) is 0 Å². The van der Waals surface area contributed by atoms with Gasteiger partial charge in [0.25, 0.3) is 0 Å². The number of aliphatic hydroxyl groups excluding tert-OH is 1. The van der Waals surface area contributed by atoms with Gasteiger partial charge < -0.3 is 24.6 Å². The Morgan fingerprint density at radius 3 is 2.54 bits per heavy atom. The Hall–Kier alpha value is -2.01. The molecule has 0 fully saturated rings. The maximum atomic E-state index is 12.3.